The second kappa shape index (κ2) is 6.32. The van der Waals surface area contributed by atoms with Crippen molar-refractivity contribution in [1.29, 1.82) is 0 Å². The Balaban J connectivity index is 1.85. The number of H-pyrrole nitrogens is 1. The number of aromatic amines is 1. The SMILES string of the molecule is Cc1ccc(SCC(=O)c2c(N)n(C3CC3)c(=O)[nH]c2=O)cc1C. The Morgan fingerprint density at radius 2 is 2.00 bits per heavy atom. The Morgan fingerprint density at radius 3 is 2.62 bits per heavy atom. The molecular weight excluding hydrogens is 326 g/mol. The average Bonchev–Trinajstić information content (AvgIpc) is 3.32. The predicted octanol–water partition coefficient (Wildman–Crippen LogP) is 2.05. The minimum Gasteiger partial charge on any atom is -0.384 e. The van der Waals surface area contributed by atoms with Crippen molar-refractivity contribution in [2.24, 2.45) is 0 Å². The van der Waals surface area contributed by atoms with Crippen LogP contribution in [0.15, 0.2) is 32.7 Å². The predicted molar refractivity (Wildman–Crippen MR) is 95.0 cm³/mol. The van der Waals surface area contributed by atoms with Crippen molar-refractivity contribution in [2.75, 3.05) is 11.5 Å². The first-order valence-corrected chi connectivity index (χ1v) is 8.74. The van der Waals surface area contributed by atoms with Crippen LogP contribution in [-0.2, 0) is 0 Å². The monoisotopic (exact) mass is 345 g/mol. The van der Waals surface area contributed by atoms with Crippen molar-refractivity contribution in [3.8, 4) is 0 Å². The second-order valence-corrected chi connectivity index (χ2v) is 7.13. The smallest absolute Gasteiger partial charge is 0.330 e. The van der Waals surface area contributed by atoms with Crippen LogP contribution in [0.4, 0.5) is 5.82 Å². The number of carbonyl (C=O) groups is 1. The highest BCUT2D eigenvalue weighted by Crippen LogP contribution is 2.35. The van der Waals surface area contributed by atoms with Gasteiger partial charge in [-0.3, -0.25) is 19.1 Å². The van der Waals surface area contributed by atoms with Gasteiger partial charge in [0.25, 0.3) is 5.56 Å². The summed E-state index contributed by atoms with van der Waals surface area (Å²) >= 11 is 1.35. The molecule has 1 fully saturated rings. The third-order valence-electron chi connectivity index (χ3n) is 4.22. The van der Waals surface area contributed by atoms with Crippen LogP contribution in [0.2, 0.25) is 0 Å². The van der Waals surface area contributed by atoms with Gasteiger partial charge in [0.2, 0.25) is 0 Å². The molecule has 2 aromatic rings. The van der Waals surface area contributed by atoms with E-state index in [2.05, 4.69) is 4.98 Å². The molecule has 6 nitrogen and oxygen atoms in total. The first kappa shape index (κ1) is 16.6. The van der Waals surface area contributed by atoms with Crippen molar-refractivity contribution in [1.82, 2.24) is 9.55 Å². The average molecular weight is 345 g/mol. The molecule has 24 heavy (non-hydrogen) atoms. The lowest BCUT2D eigenvalue weighted by Crippen LogP contribution is -2.36. The number of rotatable bonds is 5. The third kappa shape index (κ3) is 3.17. The summed E-state index contributed by atoms with van der Waals surface area (Å²) in [5.41, 5.74) is 6.92. The van der Waals surface area contributed by atoms with E-state index in [9.17, 15) is 14.4 Å². The minimum atomic E-state index is -0.708. The molecule has 1 heterocycles. The molecule has 1 aliphatic carbocycles. The fourth-order valence-corrected chi connectivity index (χ4v) is 3.42. The number of ketones is 1. The molecule has 0 spiro atoms. The van der Waals surface area contributed by atoms with E-state index in [1.54, 1.807) is 0 Å². The van der Waals surface area contributed by atoms with Crippen LogP contribution in [0, 0.1) is 13.8 Å². The molecule has 1 aromatic carbocycles. The molecule has 0 bridgehead atoms. The van der Waals surface area contributed by atoms with E-state index in [1.807, 2.05) is 32.0 Å². The molecule has 7 heteroatoms. The van der Waals surface area contributed by atoms with Crippen LogP contribution < -0.4 is 17.0 Å². The summed E-state index contributed by atoms with van der Waals surface area (Å²) in [5.74, 6) is -0.290. The highest BCUT2D eigenvalue weighted by atomic mass is 32.2. The van der Waals surface area contributed by atoms with Gasteiger partial charge in [-0.2, -0.15) is 0 Å². The fraction of sp³-hybridized carbons (Fsp3) is 0.353. The number of nitrogens with one attached hydrogen (secondary N) is 1. The topological polar surface area (TPSA) is 97.9 Å². The van der Waals surface area contributed by atoms with Gasteiger partial charge in [-0.1, -0.05) is 6.07 Å². The van der Waals surface area contributed by atoms with E-state index < -0.39 is 11.2 Å². The zero-order valence-electron chi connectivity index (χ0n) is 13.6. The van der Waals surface area contributed by atoms with Crippen LogP contribution in [0.3, 0.4) is 0 Å². The minimum absolute atomic E-state index is 0.00620. The number of nitrogen functional groups attached to an aromatic ring is 1. The van der Waals surface area contributed by atoms with Crippen molar-refractivity contribution in [3.05, 3.63) is 55.7 Å². The van der Waals surface area contributed by atoms with Crippen LogP contribution in [0.25, 0.3) is 0 Å². The lowest BCUT2D eigenvalue weighted by molar-refractivity contribution is 0.102. The Kier molecular flexibility index (Phi) is 4.36. The summed E-state index contributed by atoms with van der Waals surface area (Å²) in [6.45, 7) is 4.03. The van der Waals surface area contributed by atoms with E-state index in [1.165, 1.54) is 21.9 Å². The molecule has 0 radical (unpaired) electrons. The molecule has 126 valence electrons. The number of Topliss-reactive ketones (excluding diaryl/α,β-unsaturated/α-hetero) is 1. The molecule has 1 aliphatic rings. The van der Waals surface area contributed by atoms with Crippen LogP contribution in [-0.4, -0.2) is 21.1 Å². The first-order valence-electron chi connectivity index (χ1n) is 7.76. The number of benzene rings is 1. The quantitative estimate of drug-likeness (QED) is 0.638. The van der Waals surface area contributed by atoms with E-state index in [0.717, 1.165) is 23.3 Å². The molecule has 0 saturated heterocycles. The normalized spacial score (nSPS) is 13.9. The van der Waals surface area contributed by atoms with E-state index in [0.29, 0.717) is 0 Å². The Labute approximate surface area is 143 Å². The highest BCUT2D eigenvalue weighted by Gasteiger charge is 2.29. The zero-order valence-corrected chi connectivity index (χ0v) is 14.4. The highest BCUT2D eigenvalue weighted by molar-refractivity contribution is 8.00. The molecule has 0 aliphatic heterocycles. The van der Waals surface area contributed by atoms with Gasteiger partial charge >= 0.3 is 5.69 Å². The van der Waals surface area contributed by atoms with Crippen LogP contribution >= 0.6 is 11.8 Å². The molecule has 3 N–H and O–H groups in total. The number of aryl methyl sites for hydroxylation is 2. The summed E-state index contributed by atoms with van der Waals surface area (Å²) in [6.07, 6.45) is 1.67. The third-order valence-corrected chi connectivity index (χ3v) is 5.21. The number of anilines is 1. The Hall–Kier alpha value is -2.28. The zero-order chi connectivity index (χ0) is 17.4. The largest absolute Gasteiger partial charge is 0.384 e. The van der Waals surface area contributed by atoms with Gasteiger partial charge in [-0.05, 0) is 49.9 Å². The summed E-state index contributed by atoms with van der Waals surface area (Å²) < 4.78 is 1.33. The number of thioether (sulfide) groups is 1. The summed E-state index contributed by atoms with van der Waals surface area (Å²) in [6, 6.07) is 5.94. The second-order valence-electron chi connectivity index (χ2n) is 6.08. The van der Waals surface area contributed by atoms with Gasteiger partial charge in [-0.25, -0.2) is 4.79 Å². The lowest BCUT2D eigenvalue weighted by Gasteiger charge is -2.11. The molecule has 0 atom stereocenters. The summed E-state index contributed by atoms with van der Waals surface area (Å²) in [7, 11) is 0. The van der Waals surface area contributed by atoms with E-state index >= 15 is 0 Å². The van der Waals surface area contributed by atoms with E-state index in [4.69, 9.17) is 5.73 Å². The van der Waals surface area contributed by atoms with Crippen molar-refractivity contribution in [3.63, 3.8) is 0 Å². The van der Waals surface area contributed by atoms with E-state index in [-0.39, 0.29) is 29.0 Å². The summed E-state index contributed by atoms with van der Waals surface area (Å²) in [5, 5.41) is 0. The van der Waals surface area contributed by atoms with Gasteiger partial charge in [0.1, 0.15) is 11.4 Å². The van der Waals surface area contributed by atoms with Gasteiger partial charge in [0, 0.05) is 10.9 Å². The van der Waals surface area contributed by atoms with Crippen LogP contribution in [0.5, 0.6) is 0 Å². The molecule has 0 amide bonds. The van der Waals surface area contributed by atoms with Crippen molar-refractivity contribution >= 4 is 23.4 Å². The maximum Gasteiger partial charge on any atom is 0.330 e. The Bertz CT molecular complexity index is 926. The number of carbonyl (C=O) groups excluding carboxylic acids is 1. The maximum absolute atomic E-state index is 12.5. The number of hydrogen-bond donors (Lipinski definition) is 2. The van der Waals surface area contributed by atoms with Gasteiger partial charge in [-0.15, -0.1) is 11.8 Å². The number of nitrogens with zero attached hydrogens (tertiary/aromatic N) is 1. The molecular formula is C17H19N3O3S. The fourth-order valence-electron chi connectivity index (χ4n) is 2.56. The van der Waals surface area contributed by atoms with Crippen molar-refractivity contribution < 1.29 is 4.79 Å². The van der Waals surface area contributed by atoms with Gasteiger partial charge in [0.05, 0.1) is 5.75 Å². The number of nitrogens with two attached hydrogens (primary N) is 1. The summed E-state index contributed by atoms with van der Waals surface area (Å²) in [4.78, 5) is 39.5. The Morgan fingerprint density at radius 1 is 1.29 bits per heavy atom. The van der Waals surface area contributed by atoms with Crippen LogP contribution in [0.1, 0.15) is 40.4 Å². The number of aromatic nitrogens is 2. The van der Waals surface area contributed by atoms with Crippen molar-refractivity contribution in [2.45, 2.75) is 37.6 Å². The van der Waals surface area contributed by atoms with Gasteiger partial charge in [0.15, 0.2) is 5.78 Å². The molecule has 0 unspecified atom stereocenters. The first-order chi connectivity index (χ1) is 11.4. The standard InChI is InChI=1S/C17H19N3O3S/c1-9-3-6-12(7-10(9)2)24-8-13(21)14-15(18)20(11-4-5-11)17(23)19-16(14)22/h3,6-7,11H,4-5,8,18H2,1-2H3,(H,19,22,23). The molecule has 1 saturated carbocycles. The number of hydrogen-bond acceptors (Lipinski definition) is 5. The molecule has 3 rings (SSSR count). The lowest BCUT2D eigenvalue weighted by atomic mass is 10.1. The van der Waals surface area contributed by atoms with Gasteiger partial charge < -0.3 is 5.73 Å². The molecule has 1 aromatic heterocycles. The maximum atomic E-state index is 12.5.